The van der Waals surface area contributed by atoms with Gasteiger partial charge in [-0.25, -0.2) is 4.68 Å². The Labute approximate surface area is 105 Å². The van der Waals surface area contributed by atoms with Crippen LogP contribution in [0, 0.1) is 19.3 Å². The van der Waals surface area contributed by atoms with Gasteiger partial charge in [0.1, 0.15) is 5.84 Å². The van der Waals surface area contributed by atoms with Crippen LogP contribution in [0.3, 0.4) is 0 Å². The first-order valence-corrected chi connectivity index (χ1v) is 5.44. The van der Waals surface area contributed by atoms with Crippen LogP contribution in [0.25, 0.3) is 5.69 Å². The van der Waals surface area contributed by atoms with E-state index in [4.69, 9.17) is 15.9 Å². The molecular formula is C12H15N5O. The fraction of sp³-hybridized carbons (Fsp3) is 0.250. The smallest absolute Gasteiger partial charge is 0.157 e. The zero-order chi connectivity index (χ0) is 13.3. The second-order valence-electron chi connectivity index (χ2n) is 3.98. The van der Waals surface area contributed by atoms with E-state index in [0.717, 1.165) is 11.4 Å². The second kappa shape index (κ2) is 4.48. The molecule has 0 unspecified atom stereocenters. The minimum atomic E-state index is -0.0236. The Kier molecular flexibility index (Phi) is 3.01. The fourth-order valence-electron chi connectivity index (χ4n) is 1.87. The van der Waals surface area contributed by atoms with Crippen LogP contribution in [-0.2, 0) is 0 Å². The summed E-state index contributed by atoms with van der Waals surface area (Å²) in [6.45, 7) is 3.72. The van der Waals surface area contributed by atoms with Gasteiger partial charge in [0.25, 0.3) is 0 Å². The molecule has 3 N–H and O–H groups in total. The van der Waals surface area contributed by atoms with Gasteiger partial charge in [0.05, 0.1) is 36.4 Å². The number of nitrogens with zero attached hydrogens (tertiary/aromatic N) is 3. The molecule has 2 aromatic heterocycles. The number of hydrogen-bond acceptors (Lipinski definition) is 4. The predicted molar refractivity (Wildman–Crippen MR) is 68.4 cm³/mol. The summed E-state index contributed by atoms with van der Waals surface area (Å²) in [7, 11) is 1.58. The Morgan fingerprint density at radius 3 is 2.72 bits per heavy atom. The standard InChI is InChI=1S/C12H15N5O/c1-7-4-10(11(12(13)14)8(2)16-7)17-6-9(18-3)5-15-17/h4-6H,1-3H3,(H3,13,14). The van der Waals surface area contributed by atoms with Crippen molar-refractivity contribution in [3.63, 3.8) is 0 Å². The van der Waals surface area contributed by atoms with Gasteiger partial charge in [-0.1, -0.05) is 0 Å². The van der Waals surface area contributed by atoms with E-state index in [2.05, 4.69) is 10.1 Å². The number of nitrogen functional groups attached to an aromatic ring is 1. The van der Waals surface area contributed by atoms with Crippen LogP contribution in [0.15, 0.2) is 18.5 Å². The molecule has 0 aliphatic heterocycles. The van der Waals surface area contributed by atoms with Crippen molar-refractivity contribution in [3.8, 4) is 11.4 Å². The SMILES string of the molecule is COc1cnn(-c2cc(C)nc(C)c2C(=N)N)c1. The molecule has 0 spiro atoms. The molecule has 2 heterocycles. The highest BCUT2D eigenvalue weighted by Crippen LogP contribution is 2.20. The van der Waals surface area contributed by atoms with Gasteiger partial charge < -0.3 is 10.5 Å². The Morgan fingerprint density at radius 2 is 2.17 bits per heavy atom. The molecule has 0 bridgehead atoms. The maximum Gasteiger partial charge on any atom is 0.157 e. The maximum atomic E-state index is 7.65. The summed E-state index contributed by atoms with van der Waals surface area (Å²) in [6.07, 6.45) is 3.34. The van der Waals surface area contributed by atoms with Gasteiger partial charge in [-0.3, -0.25) is 10.4 Å². The van der Waals surface area contributed by atoms with Crippen molar-refractivity contribution in [1.29, 1.82) is 5.41 Å². The van der Waals surface area contributed by atoms with Gasteiger partial charge in [-0.05, 0) is 19.9 Å². The molecular weight excluding hydrogens is 230 g/mol. The molecule has 6 nitrogen and oxygen atoms in total. The van der Waals surface area contributed by atoms with Crippen molar-refractivity contribution in [2.75, 3.05) is 7.11 Å². The quantitative estimate of drug-likeness (QED) is 0.627. The number of rotatable bonds is 3. The molecule has 0 aliphatic rings. The Balaban J connectivity index is 2.65. The van der Waals surface area contributed by atoms with E-state index in [1.165, 1.54) is 0 Å². The first-order valence-electron chi connectivity index (χ1n) is 5.44. The number of hydrogen-bond donors (Lipinski definition) is 2. The van der Waals surface area contributed by atoms with Crippen molar-refractivity contribution in [1.82, 2.24) is 14.8 Å². The molecule has 0 saturated heterocycles. The van der Waals surface area contributed by atoms with Gasteiger partial charge >= 0.3 is 0 Å². The number of amidine groups is 1. The molecule has 0 aromatic carbocycles. The summed E-state index contributed by atoms with van der Waals surface area (Å²) in [6, 6.07) is 1.84. The third-order valence-corrected chi connectivity index (χ3v) is 2.62. The van der Waals surface area contributed by atoms with E-state index in [9.17, 15) is 0 Å². The van der Waals surface area contributed by atoms with E-state index >= 15 is 0 Å². The first-order chi connectivity index (χ1) is 8.52. The lowest BCUT2D eigenvalue weighted by Crippen LogP contribution is -2.18. The zero-order valence-electron chi connectivity index (χ0n) is 10.6. The normalized spacial score (nSPS) is 10.4. The molecule has 0 fully saturated rings. The van der Waals surface area contributed by atoms with Gasteiger partial charge in [0, 0.05) is 5.69 Å². The second-order valence-corrected chi connectivity index (χ2v) is 3.98. The Hall–Kier alpha value is -2.37. The molecule has 94 valence electrons. The van der Waals surface area contributed by atoms with Crippen molar-refractivity contribution in [2.45, 2.75) is 13.8 Å². The Morgan fingerprint density at radius 1 is 1.44 bits per heavy atom. The summed E-state index contributed by atoms with van der Waals surface area (Å²) in [5.41, 5.74) is 8.50. The fourth-order valence-corrected chi connectivity index (χ4v) is 1.87. The lowest BCUT2D eigenvalue weighted by molar-refractivity contribution is 0.414. The van der Waals surface area contributed by atoms with Crippen LogP contribution in [0.2, 0.25) is 0 Å². The van der Waals surface area contributed by atoms with E-state index in [1.54, 1.807) is 24.2 Å². The number of ether oxygens (including phenoxy) is 1. The average Bonchev–Trinajstić information content (AvgIpc) is 2.75. The Bertz CT molecular complexity index is 603. The van der Waals surface area contributed by atoms with Crippen LogP contribution in [0.5, 0.6) is 5.75 Å². The largest absolute Gasteiger partial charge is 0.493 e. The van der Waals surface area contributed by atoms with Gasteiger partial charge in [0.2, 0.25) is 0 Å². The van der Waals surface area contributed by atoms with Crippen LogP contribution in [0.4, 0.5) is 0 Å². The highest BCUT2D eigenvalue weighted by Gasteiger charge is 2.14. The van der Waals surface area contributed by atoms with E-state index in [-0.39, 0.29) is 5.84 Å². The molecule has 0 radical (unpaired) electrons. The summed E-state index contributed by atoms with van der Waals surface area (Å²) >= 11 is 0. The first kappa shape index (κ1) is 12.1. The third-order valence-electron chi connectivity index (χ3n) is 2.62. The number of aromatic nitrogens is 3. The summed E-state index contributed by atoms with van der Waals surface area (Å²) < 4.78 is 6.73. The lowest BCUT2D eigenvalue weighted by Gasteiger charge is -2.11. The van der Waals surface area contributed by atoms with Gasteiger partial charge in [0.15, 0.2) is 5.75 Å². The molecule has 2 aromatic rings. The van der Waals surface area contributed by atoms with Crippen molar-refractivity contribution >= 4 is 5.84 Å². The van der Waals surface area contributed by atoms with Crippen LogP contribution in [0.1, 0.15) is 17.0 Å². The highest BCUT2D eigenvalue weighted by molar-refractivity contribution is 5.99. The highest BCUT2D eigenvalue weighted by atomic mass is 16.5. The number of pyridine rings is 1. The molecule has 0 aliphatic carbocycles. The van der Waals surface area contributed by atoms with E-state index in [1.807, 2.05) is 19.9 Å². The lowest BCUT2D eigenvalue weighted by atomic mass is 10.1. The number of aryl methyl sites for hydroxylation is 2. The summed E-state index contributed by atoms with van der Waals surface area (Å²) in [5, 5.41) is 11.8. The summed E-state index contributed by atoms with van der Waals surface area (Å²) in [5.74, 6) is 0.626. The monoisotopic (exact) mass is 245 g/mol. The minimum Gasteiger partial charge on any atom is -0.493 e. The van der Waals surface area contributed by atoms with E-state index in [0.29, 0.717) is 17.0 Å². The number of nitrogens with two attached hydrogens (primary N) is 1. The number of nitrogens with one attached hydrogen (secondary N) is 1. The van der Waals surface area contributed by atoms with Gasteiger partial charge in [-0.2, -0.15) is 5.10 Å². The predicted octanol–water partition coefficient (Wildman–Crippen LogP) is 1.18. The summed E-state index contributed by atoms with van der Waals surface area (Å²) in [4.78, 5) is 4.31. The molecule has 0 atom stereocenters. The third kappa shape index (κ3) is 2.04. The molecule has 2 rings (SSSR count). The topological polar surface area (TPSA) is 89.8 Å². The average molecular weight is 245 g/mol. The van der Waals surface area contributed by atoms with Crippen LogP contribution < -0.4 is 10.5 Å². The minimum absolute atomic E-state index is 0.0236. The molecule has 0 saturated carbocycles. The van der Waals surface area contributed by atoms with Gasteiger partial charge in [-0.15, -0.1) is 0 Å². The van der Waals surface area contributed by atoms with Crippen molar-refractivity contribution in [3.05, 3.63) is 35.4 Å². The van der Waals surface area contributed by atoms with Crippen molar-refractivity contribution in [2.24, 2.45) is 5.73 Å². The van der Waals surface area contributed by atoms with Crippen molar-refractivity contribution < 1.29 is 4.74 Å². The van der Waals surface area contributed by atoms with Crippen LogP contribution >= 0.6 is 0 Å². The van der Waals surface area contributed by atoms with Crippen LogP contribution in [-0.4, -0.2) is 27.7 Å². The molecule has 18 heavy (non-hydrogen) atoms. The molecule has 6 heteroatoms. The number of methoxy groups -OCH3 is 1. The van der Waals surface area contributed by atoms with E-state index < -0.39 is 0 Å². The zero-order valence-corrected chi connectivity index (χ0v) is 10.6. The maximum absolute atomic E-state index is 7.65. The molecule has 0 amide bonds.